The summed E-state index contributed by atoms with van der Waals surface area (Å²) in [5.41, 5.74) is 4.00. The topological polar surface area (TPSA) is 123 Å². The van der Waals surface area contributed by atoms with E-state index in [1.807, 2.05) is 97.1 Å². The number of rotatable bonds is 5. The fourth-order valence-electron chi connectivity index (χ4n) is 10.4. The van der Waals surface area contributed by atoms with Crippen molar-refractivity contribution in [3.8, 4) is 0 Å². The molecule has 250 valence electrons. The minimum absolute atomic E-state index is 0.134. The van der Waals surface area contributed by atoms with Crippen LogP contribution in [0.3, 0.4) is 0 Å². The van der Waals surface area contributed by atoms with E-state index in [4.69, 9.17) is 0 Å². The first-order valence-electron chi connectivity index (χ1n) is 17.5. The standard InChI is InChI=1S/C40H36N6O4/c47-33-31-21-39(25-15-7-9-17-27(25)43-37(39)45(31)35(49)29(41-33)19-23-11-3-1-4-12-23)40-22-32-34(48)42-30(20-24-13-5-2-6-14-24)36(50)46(32)38(40)44-28-18-10-8-16-26(28)40/h1-18,29-32,37-38,43-44H,19-22H2,(H,41,47)(H,42,48)/t29-,30+,31+,32-,37-,38-,39-,40+/m1/s1. The lowest BCUT2D eigenvalue weighted by Gasteiger charge is -2.48. The van der Waals surface area contributed by atoms with Gasteiger partial charge in [0.1, 0.15) is 36.5 Å². The lowest BCUT2D eigenvalue weighted by molar-refractivity contribution is -0.149. The van der Waals surface area contributed by atoms with Crippen LogP contribution in [0, 0.1) is 0 Å². The van der Waals surface area contributed by atoms with Gasteiger partial charge in [-0.15, -0.1) is 0 Å². The van der Waals surface area contributed by atoms with Crippen molar-refractivity contribution in [1.82, 2.24) is 20.4 Å². The second-order valence-corrected chi connectivity index (χ2v) is 14.6. The van der Waals surface area contributed by atoms with E-state index in [0.29, 0.717) is 25.7 Å². The van der Waals surface area contributed by atoms with Gasteiger partial charge < -0.3 is 31.1 Å². The molecule has 0 bridgehead atoms. The molecule has 4 amide bonds. The summed E-state index contributed by atoms with van der Waals surface area (Å²) in [6.07, 6.45) is 0.273. The number of piperazine rings is 2. The smallest absolute Gasteiger partial charge is 0.247 e. The SMILES string of the molecule is O=C1N[C@@H](Cc2ccccc2)C(=O)N2[C@@H]1C[C@]1([C@@]34C[C@H]5C(=O)N[C@H](Cc6ccccc6)C(=O)N5[C@H]3Nc3ccccc34)c3ccccc3N[C@H]21. The molecular formula is C40H36N6O4. The van der Waals surface area contributed by atoms with Crippen molar-refractivity contribution in [3.63, 3.8) is 0 Å². The lowest BCUT2D eigenvalue weighted by atomic mass is 9.54. The Labute approximate surface area is 289 Å². The van der Waals surface area contributed by atoms with E-state index in [9.17, 15) is 19.2 Å². The second kappa shape index (κ2) is 10.4. The van der Waals surface area contributed by atoms with Crippen molar-refractivity contribution >= 4 is 35.0 Å². The molecular weight excluding hydrogens is 628 g/mol. The summed E-state index contributed by atoms with van der Waals surface area (Å²) in [4.78, 5) is 61.2. The van der Waals surface area contributed by atoms with E-state index in [1.165, 1.54) is 0 Å². The molecule has 4 aromatic carbocycles. The molecule has 4 N–H and O–H groups in total. The maximum Gasteiger partial charge on any atom is 0.247 e. The normalized spacial score (nSPS) is 32.9. The predicted molar refractivity (Wildman–Crippen MR) is 186 cm³/mol. The van der Waals surface area contributed by atoms with Gasteiger partial charge in [0.05, 0.1) is 10.8 Å². The predicted octanol–water partition coefficient (Wildman–Crippen LogP) is 3.05. The van der Waals surface area contributed by atoms with E-state index in [2.05, 4.69) is 33.4 Å². The highest BCUT2D eigenvalue weighted by atomic mass is 16.2. The summed E-state index contributed by atoms with van der Waals surface area (Å²) >= 11 is 0. The first-order valence-corrected chi connectivity index (χ1v) is 17.5. The van der Waals surface area contributed by atoms with Crippen LogP contribution in [0.1, 0.15) is 35.1 Å². The Kier molecular flexibility index (Phi) is 6.11. The number of anilines is 2. The molecule has 0 spiro atoms. The number of para-hydroxylation sites is 2. The molecule has 4 saturated heterocycles. The number of benzene rings is 4. The van der Waals surface area contributed by atoms with Gasteiger partial charge in [0.15, 0.2) is 0 Å². The number of nitrogens with one attached hydrogen (secondary N) is 4. The molecule has 10 heteroatoms. The highest BCUT2D eigenvalue weighted by molar-refractivity contribution is 6.01. The van der Waals surface area contributed by atoms with Gasteiger partial charge in [0.25, 0.3) is 0 Å². The second-order valence-electron chi connectivity index (χ2n) is 14.6. The lowest BCUT2D eigenvalue weighted by Crippen LogP contribution is -2.67. The summed E-state index contributed by atoms with van der Waals surface area (Å²) in [5, 5.41) is 13.6. The molecule has 0 aromatic heterocycles. The number of hydrogen-bond acceptors (Lipinski definition) is 6. The molecule has 10 nitrogen and oxygen atoms in total. The molecule has 6 aliphatic heterocycles. The molecule has 6 heterocycles. The highest BCUT2D eigenvalue weighted by Crippen LogP contribution is 2.68. The van der Waals surface area contributed by atoms with Crippen molar-refractivity contribution in [3.05, 3.63) is 131 Å². The maximum atomic E-state index is 14.6. The van der Waals surface area contributed by atoms with Gasteiger partial charge in [0.2, 0.25) is 23.6 Å². The van der Waals surface area contributed by atoms with Crippen molar-refractivity contribution in [2.24, 2.45) is 0 Å². The summed E-state index contributed by atoms with van der Waals surface area (Å²) < 4.78 is 0. The molecule has 0 saturated carbocycles. The van der Waals surface area contributed by atoms with Crippen LogP contribution in [-0.2, 0) is 42.8 Å². The Hall–Kier alpha value is -5.64. The zero-order valence-corrected chi connectivity index (χ0v) is 27.2. The van der Waals surface area contributed by atoms with Crippen molar-refractivity contribution in [2.45, 2.75) is 73.0 Å². The van der Waals surface area contributed by atoms with Gasteiger partial charge in [-0.2, -0.15) is 0 Å². The summed E-state index contributed by atoms with van der Waals surface area (Å²) in [7, 11) is 0. The van der Waals surface area contributed by atoms with Crippen molar-refractivity contribution in [2.75, 3.05) is 10.6 Å². The third kappa shape index (κ3) is 3.73. The van der Waals surface area contributed by atoms with Crippen LogP contribution in [0.4, 0.5) is 11.4 Å². The van der Waals surface area contributed by atoms with E-state index < -0.39 is 47.3 Å². The fourth-order valence-corrected chi connectivity index (χ4v) is 10.4. The van der Waals surface area contributed by atoms with Crippen LogP contribution in [0.5, 0.6) is 0 Å². The van der Waals surface area contributed by atoms with Gasteiger partial charge in [-0.3, -0.25) is 19.2 Å². The maximum absolute atomic E-state index is 14.6. The minimum atomic E-state index is -0.861. The van der Waals surface area contributed by atoms with Gasteiger partial charge in [-0.05, 0) is 47.2 Å². The number of fused-ring (bicyclic) bond motifs is 11. The quantitative estimate of drug-likeness (QED) is 0.260. The number of hydrogen-bond donors (Lipinski definition) is 4. The van der Waals surface area contributed by atoms with Gasteiger partial charge in [-0.1, -0.05) is 97.1 Å². The van der Waals surface area contributed by atoms with Crippen molar-refractivity contribution < 1.29 is 19.2 Å². The number of carbonyl (C=O) groups is 4. The van der Waals surface area contributed by atoms with Crippen molar-refractivity contribution in [1.29, 1.82) is 0 Å². The molecule has 4 fully saturated rings. The van der Waals surface area contributed by atoms with Gasteiger partial charge in [-0.25, -0.2) is 0 Å². The third-order valence-electron chi connectivity index (χ3n) is 12.3. The van der Waals surface area contributed by atoms with Crippen LogP contribution >= 0.6 is 0 Å². The minimum Gasteiger partial charge on any atom is -0.364 e. The average Bonchev–Trinajstić information content (AvgIpc) is 3.85. The van der Waals surface area contributed by atoms with Crippen LogP contribution < -0.4 is 21.3 Å². The highest BCUT2D eigenvalue weighted by Gasteiger charge is 2.78. The summed E-state index contributed by atoms with van der Waals surface area (Å²) in [5.74, 6) is -0.632. The molecule has 0 radical (unpaired) electrons. The molecule has 10 rings (SSSR count). The van der Waals surface area contributed by atoms with E-state index in [-0.39, 0.29) is 23.6 Å². The molecule has 0 unspecified atom stereocenters. The number of amides is 4. The van der Waals surface area contributed by atoms with Gasteiger partial charge in [0, 0.05) is 24.2 Å². The fraction of sp³-hybridized carbons (Fsp3) is 0.300. The Balaban J connectivity index is 1.13. The monoisotopic (exact) mass is 664 g/mol. The van der Waals surface area contributed by atoms with E-state index in [1.54, 1.807) is 9.80 Å². The van der Waals surface area contributed by atoms with Crippen LogP contribution in [0.15, 0.2) is 109 Å². The van der Waals surface area contributed by atoms with Crippen LogP contribution in [0.2, 0.25) is 0 Å². The zero-order valence-electron chi connectivity index (χ0n) is 27.2. The summed E-state index contributed by atoms with van der Waals surface area (Å²) in [6.45, 7) is 0. The average molecular weight is 665 g/mol. The Morgan fingerprint density at radius 3 is 1.30 bits per heavy atom. The summed E-state index contributed by atoms with van der Waals surface area (Å²) in [6, 6.07) is 32.8. The molecule has 8 atom stereocenters. The van der Waals surface area contributed by atoms with E-state index >= 15 is 0 Å². The number of carbonyl (C=O) groups excluding carboxylic acids is 4. The first-order chi connectivity index (χ1) is 24.4. The Morgan fingerprint density at radius 2 is 0.880 bits per heavy atom. The van der Waals surface area contributed by atoms with Crippen LogP contribution in [-0.4, -0.2) is 69.9 Å². The Morgan fingerprint density at radius 1 is 0.500 bits per heavy atom. The molecule has 4 aromatic rings. The van der Waals surface area contributed by atoms with Gasteiger partial charge >= 0.3 is 0 Å². The van der Waals surface area contributed by atoms with E-state index in [0.717, 1.165) is 33.6 Å². The number of nitrogens with zero attached hydrogens (tertiary/aromatic N) is 2. The zero-order chi connectivity index (χ0) is 33.8. The molecule has 50 heavy (non-hydrogen) atoms. The molecule has 6 aliphatic rings. The Bertz CT molecular complexity index is 1940. The molecule has 0 aliphatic carbocycles. The first kappa shape index (κ1) is 29.3. The van der Waals surface area contributed by atoms with Crippen LogP contribution in [0.25, 0.3) is 0 Å². The third-order valence-corrected chi connectivity index (χ3v) is 12.3. The largest absolute Gasteiger partial charge is 0.364 e.